The number of hydrogen-bond donors (Lipinski definition) is 2. The summed E-state index contributed by atoms with van der Waals surface area (Å²) in [6.45, 7) is 4.21. The van der Waals surface area contributed by atoms with Gasteiger partial charge in [0.25, 0.3) is 5.91 Å². The summed E-state index contributed by atoms with van der Waals surface area (Å²) in [5.74, 6) is 0.406. The first-order valence-electron chi connectivity index (χ1n) is 9.62. The second kappa shape index (κ2) is 9.94. The molecular formula is C24H23ClN2O3. The van der Waals surface area contributed by atoms with Crippen LogP contribution >= 0.6 is 11.6 Å². The van der Waals surface area contributed by atoms with E-state index in [9.17, 15) is 9.59 Å². The maximum atomic E-state index is 12.2. The topological polar surface area (TPSA) is 67.4 Å². The number of ether oxygens (including phenoxy) is 1. The molecule has 5 nitrogen and oxygen atoms in total. The minimum atomic E-state index is -0.641. The lowest BCUT2D eigenvalue weighted by atomic mass is 9.99. The predicted octanol–water partition coefficient (Wildman–Crippen LogP) is 6.08. The fourth-order valence-corrected chi connectivity index (χ4v) is 3.19. The molecule has 3 amide bonds. The van der Waals surface area contributed by atoms with Crippen molar-refractivity contribution in [2.24, 2.45) is 5.92 Å². The van der Waals surface area contributed by atoms with Crippen molar-refractivity contribution >= 4 is 29.2 Å². The van der Waals surface area contributed by atoms with Crippen molar-refractivity contribution in [1.29, 1.82) is 0 Å². The van der Waals surface area contributed by atoms with E-state index in [0.29, 0.717) is 11.4 Å². The second-order valence-electron chi connectivity index (χ2n) is 7.11. The lowest BCUT2D eigenvalue weighted by Gasteiger charge is -2.23. The Balaban J connectivity index is 1.60. The molecule has 1 atom stereocenters. The summed E-state index contributed by atoms with van der Waals surface area (Å²) in [5.41, 5.74) is 1.87. The van der Waals surface area contributed by atoms with Crippen LogP contribution in [-0.2, 0) is 0 Å². The van der Waals surface area contributed by atoms with Gasteiger partial charge in [-0.15, -0.1) is 0 Å². The third-order valence-electron chi connectivity index (χ3n) is 4.45. The molecule has 0 fully saturated rings. The van der Waals surface area contributed by atoms with Crippen LogP contribution in [-0.4, -0.2) is 11.9 Å². The van der Waals surface area contributed by atoms with Gasteiger partial charge in [0.05, 0.1) is 10.6 Å². The summed E-state index contributed by atoms with van der Waals surface area (Å²) in [6, 6.07) is 22.9. The molecule has 0 saturated carbocycles. The molecule has 0 aliphatic heterocycles. The highest BCUT2D eigenvalue weighted by Crippen LogP contribution is 2.29. The fourth-order valence-electron chi connectivity index (χ4n) is 2.97. The van der Waals surface area contributed by atoms with Gasteiger partial charge >= 0.3 is 6.03 Å². The lowest BCUT2D eigenvalue weighted by Crippen LogP contribution is -2.34. The van der Waals surface area contributed by atoms with Crippen LogP contribution in [0.25, 0.3) is 0 Å². The number of imide groups is 1. The molecule has 0 aliphatic rings. The molecule has 1 unspecified atom stereocenters. The minimum Gasteiger partial charge on any atom is -0.485 e. The van der Waals surface area contributed by atoms with Gasteiger partial charge in [0, 0.05) is 5.69 Å². The highest BCUT2D eigenvalue weighted by atomic mass is 35.5. The zero-order chi connectivity index (χ0) is 21.5. The van der Waals surface area contributed by atoms with Gasteiger partial charge in [-0.3, -0.25) is 10.1 Å². The smallest absolute Gasteiger partial charge is 0.326 e. The maximum absolute atomic E-state index is 12.2. The minimum absolute atomic E-state index is 0.0819. The number of rotatable bonds is 6. The summed E-state index contributed by atoms with van der Waals surface area (Å²) >= 11 is 5.98. The number of urea groups is 1. The van der Waals surface area contributed by atoms with E-state index in [1.54, 1.807) is 48.5 Å². The van der Waals surface area contributed by atoms with Crippen LogP contribution in [0.3, 0.4) is 0 Å². The molecule has 30 heavy (non-hydrogen) atoms. The van der Waals surface area contributed by atoms with Gasteiger partial charge < -0.3 is 10.1 Å². The van der Waals surface area contributed by atoms with Crippen molar-refractivity contribution in [2.45, 2.75) is 20.0 Å². The normalized spacial score (nSPS) is 11.6. The van der Waals surface area contributed by atoms with E-state index in [0.717, 1.165) is 5.56 Å². The number of anilines is 1. The molecule has 3 aromatic carbocycles. The van der Waals surface area contributed by atoms with Gasteiger partial charge in [-0.25, -0.2) is 4.79 Å². The molecule has 6 heteroatoms. The summed E-state index contributed by atoms with van der Waals surface area (Å²) in [6.07, 6.45) is -0.0819. The molecule has 3 rings (SSSR count). The molecule has 154 valence electrons. The van der Waals surface area contributed by atoms with Gasteiger partial charge in [-0.2, -0.15) is 0 Å². The molecule has 0 spiro atoms. The Morgan fingerprint density at radius 3 is 2.13 bits per heavy atom. The molecule has 0 heterocycles. The Morgan fingerprint density at radius 1 is 0.867 bits per heavy atom. The third kappa shape index (κ3) is 5.61. The van der Waals surface area contributed by atoms with E-state index >= 15 is 0 Å². The SMILES string of the molecule is CC(C)C(Oc1ccc(NC(=O)NC(=O)c2ccccc2Cl)cc1)c1ccccc1. The number of halogens is 1. The molecule has 2 N–H and O–H groups in total. The third-order valence-corrected chi connectivity index (χ3v) is 4.78. The number of hydrogen-bond acceptors (Lipinski definition) is 3. The van der Waals surface area contributed by atoms with Crippen LogP contribution in [0.15, 0.2) is 78.9 Å². The standard InChI is InChI=1S/C24H23ClN2O3/c1-16(2)22(17-8-4-3-5-9-17)30-19-14-12-18(13-15-19)26-24(29)27-23(28)20-10-6-7-11-21(20)25/h3-16,22H,1-2H3,(H2,26,27,28,29). The summed E-state index contributed by atoms with van der Waals surface area (Å²) in [7, 11) is 0. The zero-order valence-corrected chi connectivity index (χ0v) is 17.5. The van der Waals surface area contributed by atoms with Crippen molar-refractivity contribution in [1.82, 2.24) is 5.32 Å². The summed E-state index contributed by atoms with van der Waals surface area (Å²) in [4.78, 5) is 24.3. The Labute approximate surface area is 181 Å². The van der Waals surface area contributed by atoms with Crippen molar-refractivity contribution in [3.63, 3.8) is 0 Å². The van der Waals surface area contributed by atoms with Crippen molar-refractivity contribution < 1.29 is 14.3 Å². The molecule has 3 aromatic rings. The monoisotopic (exact) mass is 422 g/mol. The van der Waals surface area contributed by atoms with Crippen LogP contribution < -0.4 is 15.4 Å². The number of carbonyl (C=O) groups is 2. The van der Waals surface area contributed by atoms with Crippen LogP contribution in [0.1, 0.15) is 35.9 Å². The number of benzene rings is 3. The Bertz CT molecular complexity index is 1000. The van der Waals surface area contributed by atoms with Crippen LogP contribution in [0.5, 0.6) is 5.75 Å². The largest absolute Gasteiger partial charge is 0.485 e. The average molecular weight is 423 g/mol. The van der Waals surface area contributed by atoms with E-state index in [4.69, 9.17) is 16.3 Å². The zero-order valence-electron chi connectivity index (χ0n) is 16.8. The maximum Gasteiger partial charge on any atom is 0.326 e. The molecule has 0 saturated heterocycles. The van der Waals surface area contributed by atoms with Crippen LogP contribution in [0.2, 0.25) is 5.02 Å². The van der Waals surface area contributed by atoms with Crippen molar-refractivity contribution in [3.05, 3.63) is 95.0 Å². The number of amides is 3. The van der Waals surface area contributed by atoms with Crippen LogP contribution in [0, 0.1) is 5.92 Å². The van der Waals surface area contributed by atoms with Gasteiger partial charge in [0.1, 0.15) is 11.9 Å². The first-order chi connectivity index (χ1) is 14.4. The van der Waals surface area contributed by atoms with Crippen molar-refractivity contribution in [3.8, 4) is 5.75 Å². The average Bonchev–Trinajstić information content (AvgIpc) is 2.73. The molecule has 0 radical (unpaired) electrons. The Morgan fingerprint density at radius 2 is 1.50 bits per heavy atom. The summed E-state index contributed by atoms with van der Waals surface area (Å²) in [5, 5.41) is 5.17. The molecule has 0 bridgehead atoms. The van der Waals surface area contributed by atoms with E-state index in [1.165, 1.54) is 0 Å². The van der Waals surface area contributed by atoms with Gasteiger partial charge in [-0.05, 0) is 47.9 Å². The predicted molar refractivity (Wildman–Crippen MR) is 119 cm³/mol. The number of nitrogens with one attached hydrogen (secondary N) is 2. The van der Waals surface area contributed by atoms with Gasteiger partial charge in [-0.1, -0.05) is 67.9 Å². The highest BCUT2D eigenvalue weighted by molar-refractivity contribution is 6.34. The quantitative estimate of drug-likeness (QED) is 0.506. The van der Waals surface area contributed by atoms with Gasteiger partial charge in [0.2, 0.25) is 0 Å². The molecule has 0 aliphatic carbocycles. The Hall–Kier alpha value is -3.31. The lowest BCUT2D eigenvalue weighted by molar-refractivity contribution is 0.0967. The molecular weight excluding hydrogens is 400 g/mol. The number of carbonyl (C=O) groups excluding carboxylic acids is 2. The van der Waals surface area contributed by atoms with E-state index in [2.05, 4.69) is 24.5 Å². The highest BCUT2D eigenvalue weighted by Gasteiger charge is 2.18. The molecule has 0 aromatic heterocycles. The first-order valence-corrected chi connectivity index (χ1v) is 10.0. The Kier molecular flexibility index (Phi) is 7.09. The van der Waals surface area contributed by atoms with E-state index in [-0.39, 0.29) is 22.6 Å². The van der Waals surface area contributed by atoms with E-state index in [1.807, 2.05) is 30.3 Å². The first kappa shape index (κ1) is 21.4. The van der Waals surface area contributed by atoms with Gasteiger partial charge in [0.15, 0.2) is 0 Å². The van der Waals surface area contributed by atoms with Crippen LogP contribution in [0.4, 0.5) is 10.5 Å². The summed E-state index contributed by atoms with van der Waals surface area (Å²) < 4.78 is 6.16. The van der Waals surface area contributed by atoms with Crippen molar-refractivity contribution in [2.75, 3.05) is 5.32 Å². The van der Waals surface area contributed by atoms with E-state index < -0.39 is 11.9 Å². The fraction of sp³-hybridized carbons (Fsp3) is 0.167. The second-order valence-corrected chi connectivity index (χ2v) is 7.51.